The maximum Gasteiger partial charge on any atom is 0.208 e. The number of aryl methyl sites for hydroxylation is 1. The van der Waals surface area contributed by atoms with Gasteiger partial charge in [-0.05, 0) is 24.6 Å². The fourth-order valence-corrected chi connectivity index (χ4v) is 1.81. The Labute approximate surface area is 102 Å². The summed E-state index contributed by atoms with van der Waals surface area (Å²) in [4.78, 5) is 0. The van der Waals surface area contributed by atoms with Crippen molar-refractivity contribution >= 4 is 15.7 Å². The molecule has 0 atom stereocenters. The Morgan fingerprint density at radius 3 is 2.65 bits per heavy atom. The zero-order chi connectivity index (χ0) is 12.9. The summed E-state index contributed by atoms with van der Waals surface area (Å²) in [5.74, 6) is 0. The lowest BCUT2D eigenvalue weighted by atomic mass is 10.1. The van der Waals surface area contributed by atoms with Gasteiger partial charge in [0.1, 0.15) is 6.07 Å². The van der Waals surface area contributed by atoms with Crippen LogP contribution in [0.1, 0.15) is 11.1 Å². The van der Waals surface area contributed by atoms with Gasteiger partial charge in [-0.2, -0.15) is 5.26 Å². The smallest absolute Gasteiger partial charge is 0.208 e. The first-order chi connectivity index (χ1) is 7.92. The van der Waals surface area contributed by atoms with Gasteiger partial charge >= 0.3 is 0 Å². The Morgan fingerprint density at radius 2 is 2.06 bits per heavy atom. The molecule has 0 aliphatic carbocycles. The van der Waals surface area contributed by atoms with Gasteiger partial charge < -0.3 is 5.32 Å². The van der Waals surface area contributed by atoms with Crippen molar-refractivity contribution in [2.75, 3.05) is 24.7 Å². The number of sulfonamides is 1. The van der Waals surface area contributed by atoms with Crippen molar-refractivity contribution in [3.8, 4) is 6.07 Å². The summed E-state index contributed by atoms with van der Waals surface area (Å²) in [6.45, 7) is 2.66. The van der Waals surface area contributed by atoms with Gasteiger partial charge in [0, 0.05) is 13.1 Å². The first-order valence-electron chi connectivity index (χ1n) is 5.11. The highest BCUT2D eigenvalue weighted by atomic mass is 32.2. The fourth-order valence-electron chi connectivity index (χ4n) is 1.34. The van der Waals surface area contributed by atoms with Crippen molar-refractivity contribution in [2.24, 2.45) is 0 Å². The molecular weight excluding hydrogens is 238 g/mol. The first-order valence-corrected chi connectivity index (χ1v) is 7.01. The molecule has 2 N–H and O–H groups in total. The third kappa shape index (κ3) is 4.85. The van der Waals surface area contributed by atoms with Crippen LogP contribution in [0.3, 0.4) is 0 Å². The van der Waals surface area contributed by atoms with Gasteiger partial charge in [-0.15, -0.1) is 0 Å². The molecular formula is C11H15N3O2S. The Kier molecular flexibility index (Phi) is 4.49. The Balaban J connectivity index is 2.58. The third-order valence-corrected chi connectivity index (χ3v) is 2.83. The van der Waals surface area contributed by atoms with E-state index < -0.39 is 10.0 Å². The molecule has 0 saturated heterocycles. The van der Waals surface area contributed by atoms with Crippen molar-refractivity contribution < 1.29 is 8.42 Å². The van der Waals surface area contributed by atoms with Gasteiger partial charge in [0.25, 0.3) is 0 Å². The van der Waals surface area contributed by atoms with E-state index in [0.29, 0.717) is 12.1 Å². The minimum Gasteiger partial charge on any atom is -0.383 e. The molecule has 5 nitrogen and oxygen atoms in total. The quantitative estimate of drug-likeness (QED) is 0.761. The second kappa shape index (κ2) is 5.66. The number of rotatable bonds is 5. The number of hydrogen-bond acceptors (Lipinski definition) is 4. The van der Waals surface area contributed by atoms with E-state index in [4.69, 9.17) is 5.26 Å². The number of benzene rings is 1. The molecule has 1 aromatic rings. The third-order valence-electron chi connectivity index (χ3n) is 2.10. The molecule has 17 heavy (non-hydrogen) atoms. The Morgan fingerprint density at radius 1 is 1.35 bits per heavy atom. The van der Waals surface area contributed by atoms with Crippen LogP contribution in [-0.2, 0) is 10.0 Å². The second-order valence-electron chi connectivity index (χ2n) is 3.75. The maximum absolute atomic E-state index is 10.8. The summed E-state index contributed by atoms with van der Waals surface area (Å²) in [5, 5.41) is 11.9. The van der Waals surface area contributed by atoms with Crippen LogP contribution >= 0.6 is 0 Å². The first kappa shape index (κ1) is 13.5. The number of nitrogens with one attached hydrogen (secondary N) is 2. The van der Waals surface area contributed by atoms with Crippen molar-refractivity contribution in [1.82, 2.24) is 4.72 Å². The normalized spacial score (nSPS) is 10.9. The van der Waals surface area contributed by atoms with E-state index in [0.717, 1.165) is 17.5 Å². The molecule has 0 spiro atoms. The van der Waals surface area contributed by atoms with Gasteiger partial charge in [-0.25, -0.2) is 13.1 Å². The molecule has 0 radical (unpaired) electrons. The molecule has 0 bridgehead atoms. The molecule has 1 aromatic carbocycles. The van der Waals surface area contributed by atoms with E-state index in [1.165, 1.54) is 0 Å². The largest absolute Gasteiger partial charge is 0.383 e. The molecule has 92 valence electrons. The zero-order valence-corrected chi connectivity index (χ0v) is 10.6. The standard InChI is InChI=1S/C11H15N3O2S/c1-9-3-4-10(8-12)11(7-9)13-5-6-14-17(2,15)16/h3-4,7,13-14H,5-6H2,1-2H3. The van der Waals surface area contributed by atoms with Gasteiger partial charge in [0.2, 0.25) is 10.0 Å². The molecule has 0 fully saturated rings. The number of nitriles is 1. The molecule has 0 saturated carbocycles. The van der Waals surface area contributed by atoms with Crippen LogP contribution in [0.5, 0.6) is 0 Å². The van der Waals surface area contributed by atoms with E-state index in [1.807, 2.05) is 19.1 Å². The average Bonchev–Trinajstić information content (AvgIpc) is 2.23. The summed E-state index contributed by atoms with van der Waals surface area (Å²) in [6, 6.07) is 7.54. The molecule has 0 aliphatic heterocycles. The predicted molar refractivity (Wildman–Crippen MR) is 67.2 cm³/mol. The maximum atomic E-state index is 10.8. The molecule has 0 aliphatic rings. The van der Waals surface area contributed by atoms with Gasteiger partial charge in [0.15, 0.2) is 0 Å². The van der Waals surface area contributed by atoms with E-state index in [9.17, 15) is 8.42 Å². The summed E-state index contributed by atoms with van der Waals surface area (Å²) in [6.07, 6.45) is 1.11. The van der Waals surface area contributed by atoms with Crippen LogP contribution in [0.25, 0.3) is 0 Å². The Hall–Kier alpha value is -1.58. The van der Waals surface area contributed by atoms with E-state index in [1.54, 1.807) is 6.07 Å². The minimum atomic E-state index is -3.16. The van der Waals surface area contributed by atoms with Gasteiger partial charge in [-0.1, -0.05) is 6.07 Å². The Bertz CT molecular complexity index is 532. The lowest BCUT2D eigenvalue weighted by molar-refractivity contribution is 0.589. The van der Waals surface area contributed by atoms with E-state index >= 15 is 0 Å². The van der Waals surface area contributed by atoms with E-state index in [-0.39, 0.29) is 6.54 Å². The van der Waals surface area contributed by atoms with E-state index in [2.05, 4.69) is 16.1 Å². The highest BCUT2D eigenvalue weighted by Crippen LogP contribution is 2.15. The van der Waals surface area contributed by atoms with Crippen molar-refractivity contribution in [3.63, 3.8) is 0 Å². The summed E-state index contributed by atoms with van der Waals surface area (Å²) >= 11 is 0. The number of anilines is 1. The van der Waals surface area contributed by atoms with Crippen LogP contribution in [0.15, 0.2) is 18.2 Å². The molecule has 0 heterocycles. The highest BCUT2D eigenvalue weighted by molar-refractivity contribution is 7.88. The van der Waals surface area contributed by atoms with Gasteiger partial charge in [-0.3, -0.25) is 0 Å². The van der Waals surface area contributed by atoms with Crippen LogP contribution in [0.2, 0.25) is 0 Å². The summed E-state index contributed by atoms with van der Waals surface area (Å²) in [5.41, 5.74) is 2.32. The van der Waals surface area contributed by atoms with Gasteiger partial charge in [0.05, 0.1) is 17.5 Å². The zero-order valence-electron chi connectivity index (χ0n) is 9.82. The number of nitrogens with zero attached hydrogens (tertiary/aromatic N) is 1. The lowest BCUT2D eigenvalue weighted by Crippen LogP contribution is -2.27. The van der Waals surface area contributed by atoms with Crippen LogP contribution in [0.4, 0.5) is 5.69 Å². The monoisotopic (exact) mass is 253 g/mol. The van der Waals surface area contributed by atoms with Crippen LogP contribution in [-0.4, -0.2) is 27.8 Å². The topological polar surface area (TPSA) is 82.0 Å². The van der Waals surface area contributed by atoms with Crippen molar-refractivity contribution in [2.45, 2.75) is 6.92 Å². The summed E-state index contributed by atoms with van der Waals surface area (Å²) in [7, 11) is -3.16. The second-order valence-corrected chi connectivity index (χ2v) is 5.59. The fraction of sp³-hybridized carbons (Fsp3) is 0.364. The lowest BCUT2D eigenvalue weighted by Gasteiger charge is -2.09. The summed E-state index contributed by atoms with van der Waals surface area (Å²) < 4.78 is 24.0. The highest BCUT2D eigenvalue weighted by Gasteiger charge is 2.02. The van der Waals surface area contributed by atoms with Crippen LogP contribution < -0.4 is 10.0 Å². The average molecular weight is 253 g/mol. The minimum absolute atomic E-state index is 0.289. The molecule has 0 amide bonds. The predicted octanol–water partition coefficient (Wildman–Crippen LogP) is 0.828. The molecule has 0 unspecified atom stereocenters. The SMILES string of the molecule is Cc1ccc(C#N)c(NCCNS(C)(=O)=O)c1. The molecule has 6 heteroatoms. The van der Waals surface area contributed by atoms with Crippen LogP contribution in [0, 0.1) is 18.3 Å². The number of hydrogen-bond donors (Lipinski definition) is 2. The molecule has 1 rings (SSSR count). The van der Waals surface area contributed by atoms with Crippen molar-refractivity contribution in [1.29, 1.82) is 5.26 Å². The molecule has 0 aromatic heterocycles. The van der Waals surface area contributed by atoms with Crippen molar-refractivity contribution in [3.05, 3.63) is 29.3 Å².